The first-order valence-electron chi connectivity index (χ1n) is 7.89. The smallest absolute Gasteiger partial charge is 0.291 e. The molecule has 3 rings (SSSR count). The number of aryl methyl sites for hydroxylation is 1. The van der Waals surface area contributed by atoms with E-state index in [-0.39, 0.29) is 17.6 Å². The second-order valence-electron chi connectivity index (χ2n) is 5.56. The Morgan fingerprint density at radius 3 is 2.62 bits per heavy atom. The van der Waals surface area contributed by atoms with Gasteiger partial charge in [0.2, 0.25) is 0 Å². The number of nitrogens with one attached hydrogen (secondary N) is 2. The summed E-state index contributed by atoms with van der Waals surface area (Å²) in [6.07, 6.45) is 0. The first kappa shape index (κ1) is 17.6. The third-order valence-corrected chi connectivity index (χ3v) is 4.44. The lowest BCUT2D eigenvalue weighted by Crippen LogP contribution is -2.18. The lowest BCUT2D eigenvalue weighted by atomic mass is 10.1. The number of hydrogen-bond acceptors (Lipinski definition) is 5. The van der Waals surface area contributed by atoms with E-state index in [0.29, 0.717) is 22.0 Å². The highest BCUT2D eigenvalue weighted by molar-refractivity contribution is 7.12. The van der Waals surface area contributed by atoms with Gasteiger partial charge in [0, 0.05) is 5.69 Å². The molecule has 2 aromatic heterocycles. The lowest BCUT2D eigenvalue weighted by Gasteiger charge is -2.06. The van der Waals surface area contributed by atoms with Gasteiger partial charge in [0.25, 0.3) is 11.8 Å². The van der Waals surface area contributed by atoms with Crippen LogP contribution in [0, 0.1) is 6.92 Å². The molecular weight excluding hydrogens is 350 g/mol. The molecule has 0 aliphatic rings. The molecule has 0 unspecified atom stereocenters. The zero-order valence-corrected chi connectivity index (χ0v) is 15.1. The number of hydrazone groups is 1. The average Bonchev–Trinajstić information content (AvgIpc) is 3.31. The average molecular weight is 367 g/mol. The third-order valence-electron chi connectivity index (χ3n) is 3.57. The van der Waals surface area contributed by atoms with Crippen LogP contribution in [0.3, 0.4) is 0 Å². The first-order chi connectivity index (χ1) is 12.5. The molecule has 0 bridgehead atoms. The standard InChI is InChI=1S/C19H17N3O3S/c1-12-8-9-16(25-12)18(23)20-15-6-3-5-14(11-15)13(2)21-22-19(24)17-7-4-10-26-17/h3-11H,1-2H3,(H,20,23)(H,22,24)/b21-13+. The number of amides is 2. The first-order valence-corrected chi connectivity index (χ1v) is 8.77. The molecule has 0 aliphatic carbocycles. The summed E-state index contributed by atoms with van der Waals surface area (Å²) in [5.41, 5.74) is 4.55. The normalized spacial score (nSPS) is 11.2. The molecule has 26 heavy (non-hydrogen) atoms. The number of rotatable bonds is 5. The van der Waals surface area contributed by atoms with Crippen LogP contribution in [-0.2, 0) is 0 Å². The van der Waals surface area contributed by atoms with E-state index in [9.17, 15) is 9.59 Å². The molecule has 1 aromatic carbocycles. The largest absolute Gasteiger partial charge is 0.456 e. The molecule has 0 spiro atoms. The Kier molecular flexibility index (Phi) is 5.28. The molecule has 0 saturated carbocycles. The van der Waals surface area contributed by atoms with Crippen molar-refractivity contribution in [3.05, 3.63) is 75.9 Å². The van der Waals surface area contributed by atoms with Crippen LogP contribution in [0.5, 0.6) is 0 Å². The zero-order valence-electron chi connectivity index (χ0n) is 14.3. The van der Waals surface area contributed by atoms with Crippen molar-refractivity contribution in [3.63, 3.8) is 0 Å². The van der Waals surface area contributed by atoms with Crippen molar-refractivity contribution in [2.24, 2.45) is 5.10 Å². The molecule has 2 amide bonds. The Labute approximate surface area is 154 Å². The Balaban J connectivity index is 1.69. The number of benzene rings is 1. The predicted octanol–water partition coefficient (Wildman–Crippen LogP) is 4.06. The molecule has 7 heteroatoms. The van der Waals surface area contributed by atoms with Crippen LogP contribution >= 0.6 is 11.3 Å². The van der Waals surface area contributed by atoms with Gasteiger partial charge < -0.3 is 9.73 Å². The molecule has 2 heterocycles. The molecule has 132 valence electrons. The molecule has 0 radical (unpaired) electrons. The minimum atomic E-state index is -0.323. The molecular formula is C19H17N3O3S. The summed E-state index contributed by atoms with van der Waals surface area (Å²) in [5, 5.41) is 8.74. The fourth-order valence-corrected chi connectivity index (χ4v) is 2.85. The van der Waals surface area contributed by atoms with E-state index in [1.807, 2.05) is 17.5 Å². The summed E-state index contributed by atoms with van der Waals surface area (Å²) in [6, 6.07) is 14.1. The summed E-state index contributed by atoms with van der Waals surface area (Å²) >= 11 is 1.35. The van der Waals surface area contributed by atoms with Gasteiger partial charge in [-0.2, -0.15) is 5.10 Å². The number of hydrogen-bond donors (Lipinski definition) is 2. The van der Waals surface area contributed by atoms with Crippen LogP contribution < -0.4 is 10.7 Å². The highest BCUT2D eigenvalue weighted by Crippen LogP contribution is 2.15. The van der Waals surface area contributed by atoms with E-state index in [4.69, 9.17) is 4.42 Å². The maximum absolute atomic E-state index is 12.2. The maximum Gasteiger partial charge on any atom is 0.291 e. The third kappa shape index (κ3) is 4.25. The summed E-state index contributed by atoms with van der Waals surface area (Å²) in [5.74, 6) is 0.350. The Morgan fingerprint density at radius 2 is 1.92 bits per heavy atom. The van der Waals surface area contributed by atoms with Gasteiger partial charge in [-0.25, -0.2) is 5.43 Å². The molecule has 0 fully saturated rings. The van der Waals surface area contributed by atoms with E-state index >= 15 is 0 Å². The highest BCUT2D eigenvalue weighted by Gasteiger charge is 2.11. The Morgan fingerprint density at radius 1 is 1.08 bits per heavy atom. The van der Waals surface area contributed by atoms with Gasteiger partial charge in [-0.05, 0) is 55.1 Å². The minimum absolute atomic E-state index is 0.251. The number of carbonyl (C=O) groups excluding carboxylic acids is 2. The Hall–Kier alpha value is -3.19. The fourth-order valence-electron chi connectivity index (χ4n) is 2.23. The van der Waals surface area contributed by atoms with Gasteiger partial charge in [-0.1, -0.05) is 18.2 Å². The number of thiophene rings is 1. The van der Waals surface area contributed by atoms with Crippen LogP contribution in [0.15, 0.2) is 63.4 Å². The predicted molar refractivity (Wildman–Crippen MR) is 102 cm³/mol. The second-order valence-corrected chi connectivity index (χ2v) is 6.51. The minimum Gasteiger partial charge on any atom is -0.456 e. The van der Waals surface area contributed by atoms with E-state index in [1.54, 1.807) is 50.2 Å². The van der Waals surface area contributed by atoms with Crippen molar-refractivity contribution >= 4 is 34.6 Å². The number of carbonyl (C=O) groups is 2. The zero-order chi connectivity index (χ0) is 18.5. The molecule has 0 aliphatic heterocycles. The van der Waals surface area contributed by atoms with E-state index in [0.717, 1.165) is 5.56 Å². The van der Waals surface area contributed by atoms with Crippen molar-refractivity contribution in [2.75, 3.05) is 5.32 Å². The lowest BCUT2D eigenvalue weighted by molar-refractivity contribution is 0.0957. The van der Waals surface area contributed by atoms with Gasteiger partial charge in [-0.15, -0.1) is 11.3 Å². The van der Waals surface area contributed by atoms with Crippen molar-refractivity contribution in [1.82, 2.24) is 5.43 Å². The topological polar surface area (TPSA) is 83.7 Å². The number of nitrogens with zero attached hydrogens (tertiary/aromatic N) is 1. The summed E-state index contributed by atoms with van der Waals surface area (Å²) in [6.45, 7) is 3.56. The van der Waals surface area contributed by atoms with Crippen LogP contribution in [0.1, 0.15) is 38.5 Å². The Bertz CT molecular complexity index is 958. The summed E-state index contributed by atoms with van der Waals surface area (Å²) in [4.78, 5) is 24.7. The van der Waals surface area contributed by atoms with Gasteiger partial charge >= 0.3 is 0 Å². The molecule has 2 N–H and O–H groups in total. The highest BCUT2D eigenvalue weighted by atomic mass is 32.1. The maximum atomic E-state index is 12.2. The van der Waals surface area contributed by atoms with Crippen LogP contribution in [0.2, 0.25) is 0 Å². The molecule has 0 saturated heterocycles. The summed E-state index contributed by atoms with van der Waals surface area (Å²) < 4.78 is 5.31. The van der Waals surface area contributed by atoms with Crippen molar-refractivity contribution < 1.29 is 14.0 Å². The molecule has 0 atom stereocenters. The van der Waals surface area contributed by atoms with E-state index in [1.165, 1.54) is 11.3 Å². The quantitative estimate of drug-likeness (QED) is 0.527. The van der Waals surface area contributed by atoms with Crippen LogP contribution in [0.25, 0.3) is 0 Å². The molecule has 3 aromatic rings. The number of furan rings is 1. The van der Waals surface area contributed by atoms with Crippen LogP contribution in [-0.4, -0.2) is 17.5 Å². The molecule has 6 nitrogen and oxygen atoms in total. The van der Waals surface area contributed by atoms with Crippen molar-refractivity contribution in [1.29, 1.82) is 0 Å². The number of anilines is 1. The van der Waals surface area contributed by atoms with Gasteiger partial charge in [0.1, 0.15) is 5.76 Å². The van der Waals surface area contributed by atoms with Crippen molar-refractivity contribution in [3.8, 4) is 0 Å². The van der Waals surface area contributed by atoms with E-state index < -0.39 is 0 Å². The van der Waals surface area contributed by atoms with Gasteiger partial charge in [0.05, 0.1) is 10.6 Å². The van der Waals surface area contributed by atoms with Crippen LogP contribution in [0.4, 0.5) is 5.69 Å². The fraction of sp³-hybridized carbons (Fsp3) is 0.105. The van der Waals surface area contributed by atoms with Crippen molar-refractivity contribution in [2.45, 2.75) is 13.8 Å². The van der Waals surface area contributed by atoms with Gasteiger partial charge in [0.15, 0.2) is 5.76 Å². The second kappa shape index (κ2) is 7.79. The monoisotopic (exact) mass is 367 g/mol. The SMILES string of the molecule is C/C(=N\NC(=O)c1cccs1)c1cccc(NC(=O)c2ccc(C)o2)c1. The van der Waals surface area contributed by atoms with E-state index in [2.05, 4.69) is 15.8 Å². The summed E-state index contributed by atoms with van der Waals surface area (Å²) in [7, 11) is 0. The van der Waals surface area contributed by atoms with Gasteiger partial charge in [-0.3, -0.25) is 9.59 Å².